The molecular formula is C16H25ClF2N2O3. The Hall–Kier alpha value is -1.60. The summed E-state index contributed by atoms with van der Waals surface area (Å²) in [5.41, 5.74) is 6.53. The molecule has 138 valence electrons. The van der Waals surface area contributed by atoms with Gasteiger partial charge in [-0.05, 0) is 30.0 Å². The quantitative estimate of drug-likeness (QED) is 0.768. The van der Waals surface area contributed by atoms with Crippen molar-refractivity contribution in [1.29, 1.82) is 0 Å². The number of nitrogens with zero attached hydrogens (tertiary/aromatic N) is 1. The highest BCUT2D eigenvalue weighted by Gasteiger charge is 2.20. The Kier molecular flexibility index (Phi) is 9.62. The molecule has 0 radical (unpaired) electrons. The van der Waals surface area contributed by atoms with Crippen LogP contribution in [0.2, 0.25) is 0 Å². The molecule has 0 unspecified atom stereocenters. The summed E-state index contributed by atoms with van der Waals surface area (Å²) in [4.78, 5) is 13.7. The highest BCUT2D eigenvalue weighted by Crippen LogP contribution is 2.29. The van der Waals surface area contributed by atoms with Crippen molar-refractivity contribution >= 4 is 18.3 Å². The van der Waals surface area contributed by atoms with Gasteiger partial charge in [0.2, 0.25) is 5.91 Å². The standard InChI is InChI=1S/C16H24F2N2O3.ClH/c1-10(2)7-12(19)15(21)20(3)9-11-5-6-13(22-4)14(8-11)23-16(17)18;/h5-6,8,10,12,16H,7,9,19H2,1-4H3;1H/t12-;/m0./s1. The summed E-state index contributed by atoms with van der Waals surface area (Å²) >= 11 is 0. The van der Waals surface area contributed by atoms with Crippen LogP contribution in [0.15, 0.2) is 18.2 Å². The zero-order valence-electron chi connectivity index (χ0n) is 14.3. The van der Waals surface area contributed by atoms with E-state index in [1.165, 1.54) is 24.1 Å². The second-order valence-electron chi connectivity index (χ2n) is 5.79. The third-order valence-electron chi connectivity index (χ3n) is 3.28. The first kappa shape index (κ1) is 22.4. The average molecular weight is 367 g/mol. The summed E-state index contributed by atoms with van der Waals surface area (Å²) in [6.07, 6.45) is 0.589. The third-order valence-corrected chi connectivity index (χ3v) is 3.28. The molecule has 8 heteroatoms. The predicted octanol–water partition coefficient (Wildman–Crippen LogP) is 3.05. The van der Waals surface area contributed by atoms with E-state index >= 15 is 0 Å². The Morgan fingerprint density at radius 3 is 2.42 bits per heavy atom. The lowest BCUT2D eigenvalue weighted by molar-refractivity contribution is -0.132. The molecule has 5 nitrogen and oxygen atoms in total. The number of halogens is 3. The fraction of sp³-hybridized carbons (Fsp3) is 0.562. The largest absolute Gasteiger partial charge is 0.493 e. The van der Waals surface area contributed by atoms with Gasteiger partial charge in [-0.2, -0.15) is 8.78 Å². The number of hydrogen-bond donors (Lipinski definition) is 1. The Morgan fingerprint density at radius 1 is 1.29 bits per heavy atom. The molecule has 0 aliphatic rings. The lowest BCUT2D eigenvalue weighted by atomic mass is 10.0. The first-order valence-electron chi connectivity index (χ1n) is 7.36. The molecule has 0 bridgehead atoms. The van der Waals surface area contributed by atoms with Crippen LogP contribution in [0.4, 0.5) is 8.78 Å². The van der Waals surface area contributed by atoms with E-state index in [0.29, 0.717) is 17.9 Å². The summed E-state index contributed by atoms with van der Waals surface area (Å²) < 4.78 is 34.3. The van der Waals surface area contributed by atoms with Crippen molar-refractivity contribution in [2.24, 2.45) is 11.7 Å². The van der Waals surface area contributed by atoms with Crippen LogP contribution in [0.25, 0.3) is 0 Å². The molecule has 2 N–H and O–H groups in total. The molecule has 0 heterocycles. The molecule has 0 saturated heterocycles. The fourth-order valence-corrected chi connectivity index (χ4v) is 2.25. The van der Waals surface area contributed by atoms with Crippen molar-refractivity contribution < 1.29 is 23.0 Å². The predicted molar refractivity (Wildman–Crippen MR) is 90.8 cm³/mol. The molecule has 0 saturated carbocycles. The van der Waals surface area contributed by atoms with E-state index in [9.17, 15) is 13.6 Å². The first-order valence-corrected chi connectivity index (χ1v) is 7.36. The van der Waals surface area contributed by atoms with Crippen molar-refractivity contribution in [3.63, 3.8) is 0 Å². The minimum Gasteiger partial charge on any atom is -0.493 e. The molecule has 1 aromatic carbocycles. The Labute approximate surface area is 147 Å². The van der Waals surface area contributed by atoms with Gasteiger partial charge in [-0.25, -0.2) is 0 Å². The van der Waals surface area contributed by atoms with E-state index < -0.39 is 12.7 Å². The van der Waals surface area contributed by atoms with Crippen molar-refractivity contribution in [3.05, 3.63) is 23.8 Å². The van der Waals surface area contributed by atoms with Crippen molar-refractivity contribution in [1.82, 2.24) is 4.90 Å². The monoisotopic (exact) mass is 366 g/mol. The summed E-state index contributed by atoms with van der Waals surface area (Å²) in [6, 6.07) is 4.08. The van der Waals surface area contributed by atoms with Crippen LogP contribution < -0.4 is 15.2 Å². The summed E-state index contributed by atoms with van der Waals surface area (Å²) in [6.45, 7) is 1.28. The van der Waals surface area contributed by atoms with Gasteiger partial charge in [-0.15, -0.1) is 12.4 Å². The minimum absolute atomic E-state index is 0. The lowest BCUT2D eigenvalue weighted by Gasteiger charge is -2.23. The lowest BCUT2D eigenvalue weighted by Crippen LogP contribution is -2.42. The number of likely N-dealkylation sites (N-methyl/N-ethyl adjacent to an activating group) is 1. The van der Waals surface area contributed by atoms with Gasteiger partial charge >= 0.3 is 6.61 Å². The maximum atomic E-state index is 12.4. The van der Waals surface area contributed by atoms with Crippen LogP contribution in [0, 0.1) is 5.92 Å². The number of amides is 1. The highest BCUT2D eigenvalue weighted by molar-refractivity contribution is 5.85. The van der Waals surface area contributed by atoms with Crippen LogP contribution in [0.1, 0.15) is 25.8 Å². The zero-order valence-corrected chi connectivity index (χ0v) is 15.1. The van der Waals surface area contributed by atoms with E-state index in [2.05, 4.69) is 4.74 Å². The molecule has 24 heavy (non-hydrogen) atoms. The van der Waals surface area contributed by atoms with Gasteiger partial charge in [0.25, 0.3) is 0 Å². The van der Waals surface area contributed by atoms with Gasteiger partial charge in [-0.1, -0.05) is 19.9 Å². The molecule has 0 aliphatic carbocycles. The third kappa shape index (κ3) is 6.88. The number of carbonyl (C=O) groups excluding carboxylic acids is 1. The van der Waals surface area contributed by atoms with Gasteiger partial charge < -0.3 is 20.1 Å². The number of carbonyl (C=O) groups is 1. The number of nitrogens with two attached hydrogens (primary N) is 1. The van der Waals surface area contributed by atoms with Gasteiger partial charge in [0.05, 0.1) is 13.2 Å². The number of benzene rings is 1. The summed E-state index contributed by atoms with van der Waals surface area (Å²) in [7, 11) is 2.99. The molecular weight excluding hydrogens is 342 g/mol. The van der Waals surface area contributed by atoms with Crippen molar-refractivity contribution in [2.45, 2.75) is 39.5 Å². The van der Waals surface area contributed by atoms with Crippen molar-refractivity contribution in [3.8, 4) is 11.5 Å². The molecule has 0 aromatic heterocycles. The number of hydrogen-bond acceptors (Lipinski definition) is 4. The Balaban J connectivity index is 0.00000529. The molecule has 0 aliphatic heterocycles. The van der Waals surface area contributed by atoms with Gasteiger partial charge in [0.15, 0.2) is 11.5 Å². The van der Waals surface area contributed by atoms with E-state index in [1.54, 1.807) is 13.1 Å². The summed E-state index contributed by atoms with van der Waals surface area (Å²) in [5, 5.41) is 0. The van der Waals surface area contributed by atoms with Gasteiger partial charge in [-0.3, -0.25) is 4.79 Å². The van der Waals surface area contributed by atoms with Crippen molar-refractivity contribution in [2.75, 3.05) is 14.2 Å². The van der Waals surface area contributed by atoms with Gasteiger partial charge in [0, 0.05) is 13.6 Å². The molecule has 1 atom stereocenters. The molecule has 0 fully saturated rings. The first-order chi connectivity index (χ1) is 10.7. The van der Waals surface area contributed by atoms with Crippen LogP contribution in [-0.2, 0) is 11.3 Å². The molecule has 1 rings (SSSR count). The van der Waals surface area contributed by atoms with E-state index in [4.69, 9.17) is 10.5 Å². The number of alkyl halides is 2. The number of methoxy groups -OCH3 is 1. The number of rotatable bonds is 8. The minimum atomic E-state index is -2.95. The van der Waals surface area contributed by atoms with Gasteiger partial charge in [0.1, 0.15) is 0 Å². The normalized spacial score (nSPS) is 11.9. The highest BCUT2D eigenvalue weighted by atomic mass is 35.5. The van der Waals surface area contributed by atoms with Crippen LogP contribution >= 0.6 is 12.4 Å². The van der Waals surface area contributed by atoms with Crippen LogP contribution in [0.3, 0.4) is 0 Å². The second-order valence-corrected chi connectivity index (χ2v) is 5.79. The smallest absolute Gasteiger partial charge is 0.387 e. The molecule has 1 aromatic rings. The Morgan fingerprint density at radius 2 is 1.92 bits per heavy atom. The SMILES string of the molecule is COc1ccc(CN(C)C(=O)[C@@H](N)CC(C)C)cc1OC(F)F.Cl. The van der Waals surface area contributed by atoms with E-state index in [0.717, 1.165) is 0 Å². The van der Waals surface area contributed by atoms with Crippen LogP contribution in [-0.4, -0.2) is 37.6 Å². The van der Waals surface area contributed by atoms with Crippen LogP contribution in [0.5, 0.6) is 11.5 Å². The second kappa shape index (κ2) is 10.3. The fourth-order valence-electron chi connectivity index (χ4n) is 2.25. The molecule has 1 amide bonds. The number of ether oxygens (including phenoxy) is 2. The zero-order chi connectivity index (χ0) is 17.6. The average Bonchev–Trinajstić information content (AvgIpc) is 2.45. The molecule has 0 spiro atoms. The maximum Gasteiger partial charge on any atom is 0.387 e. The van der Waals surface area contributed by atoms with E-state index in [1.807, 2.05) is 13.8 Å². The van der Waals surface area contributed by atoms with E-state index in [-0.39, 0.29) is 36.4 Å². The Bertz CT molecular complexity index is 530. The topological polar surface area (TPSA) is 64.8 Å². The summed E-state index contributed by atoms with van der Waals surface area (Å²) in [5.74, 6) is 0.270. The maximum absolute atomic E-state index is 12.4.